The smallest absolute Gasteiger partial charge is 0.221 e. The fourth-order valence-corrected chi connectivity index (χ4v) is 3.98. The second-order valence-corrected chi connectivity index (χ2v) is 8.17. The summed E-state index contributed by atoms with van der Waals surface area (Å²) in [6.07, 6.45) is 0. The predicted molar refractivity (Wildman–Crippen MR) is 131 cm³/mol. The van der Waals surface area contributed by atoms with Gasteiger partial charge in [-0.1, -0.05) is 54.1 Å². The lowest BCUT2D eigenvalue weighted by molar-refractivity contribution is 0.428. The van der Waals surface area contributed by atoms with E-state index in [-0.39, 0.29) is 33.8 Å². The van der Waals surface area contributed by atoms with Gasteiger partial charge in [-0.25, -0.2) is 4.39 Å². The molecule has 3 aromatic carbocycles. The fourth-order valence-electron chi connectivity index (χ4n) is 3.61. The van der Waals surface area contributed by atoms with Crippen molar-refractivity contribution >= 4 is 51.2 Å². The van der Waals surface area contributed by atoms with Gasteiger partial charge in [-0.3, -0.25) is 0 Å². The maximum absolute atomic E-state index is 14.4. The third kappa shape index (κ3) is 4.22. The predicted octanol–water partition coefficient (Wildman–Crippen LogP) is 7.29. The summed E-state index contributed by atoms with van der Waals surface area (Å²) < 4.78 is 15.9. The molecule has 5 nitrogen and oxygen atoms in total. The molecule has 0 aliphatic carbocycles. The third-order valence-electron chi connectivity index (χ3n) is 5.25. The van der Waals surface area contributed by atoms with Crippen LogP contribution in [0.15, 0.2) is 70.9 Å². The molecule has 0 bridgehead atoms. The van der Waals surface area contributed by atoms with Crippen molar-refractivity contribution in [2.45, 2.75) is 20.4 Å². The molecule has 32 heavy (non-hydrogen) atoms. The minimum absolute atomic E-state index is 0.0402. The molecule has 1 heterocycles. The van der Waals surface area contributed by atoms with Crippen LogP contribution in [0.3, 0.4) is 0 Å². The zero-order chi connectivity index (χ0) is 22.8. The van der Waals surface area contributed by atoms with Gasteiger partial charge in [-0.15, -0.1) is 10.2 Å². The van der Waals surface area contributed by atoms with E-state index in [0.717, 1.165) is 16.8 Å². The largest absolute Gasteiger partial charge is 0.493 e. The molecule has 0 fully saturated rings. The number of anilines is 1. The lowest BCUT2D eigenvalue weighted by Crippen LogP contribution is -2.07. The highest BCUT2D eigenvalue weighted by molar-refractivity contribution is 7.80. The van der Waals surface area contributed by atoms with Crippen LogP contribution in [0, 0.1) is 19.7 Å². The summed E-state index contributed by atoms with van der Waals surface area (Å²) >= 11 is 11.5. The fraction of sp³-hybridized carbons (Fsp3) is 0.125. The molecule has 4 aromatic rings. The molecule has 8 heteroatoms. The number of nitrogens with zero attached hydrogens (tertiary/aromatic N) is 3. The Balaban J connectivity index is 1.69. The van der Waals surface area contributed by atoms with E-state index in [1.165, 1.54) is 6.07 Å². The van der Waals surface area contributed by atoms with Crippen LogP contribution in [0.5, 0.6) is 5.88 Å². The average molecular weight is 467 g/mol. The molecule has 0 aliphatic rings. The Morgan fingerprint density at radius 2 is 1.75 bits per heavy atom. The summed E-state index contributed by atoms with van der Waals surface area (Å²) in [7, 11) is 0. The van der Waals surface area contributed by atoms with Gasteiger partial charge >= 0.3 is 0 Å². The second-order valence-electron chi connectivity index (χ2n) is 7.37. The zero-order valence-corrected chi connectivity index (χ0v) is 19.0. The van der Waals surface area contributed by atoms with Crippen LogP contribution in [-0.4, -0.2) is 14.8 Å². The summed E-state index contributed by atoms with van der Waals surface area (Å²) in [5.41, 5.74) is 4.14. The topological polar surface area (TPSA) is 61.9 Å². The van der Waals surface area contributed by atoms with Crippen molar-refractivity contribution in [3.8, 4) is 5.88 Å². The monoisotopic (exact) mass is 466 g/mol. The molecule has 0 spiro atoms. The number of aromatic nitrogens is 1. The summed E-state index contributed by atoms with van der Waals surface area (Å²) in [4.78, 5) is 0. The lowest BCUT2D eigenvalue weighted by atomic mass is 10.1. The van der Waals surface area contributed by atoms with Crippen molar-refractivity contribution in [3.63, 3.8) is 0 Å². The highest BCUT2D eigenvalue weighted by atomic mass is 35.5. The van der Waals surface area contributed by atoms with Crippen molar-refractivity contribution in [2.75, 3.05) is 5.32 Å². The Labute approximate surface area is 195 Å². The van der Waals surface area contributed by atoms with E-state index in [0.29, 0.717) is 10.9 Å². The van der Waals surface area contributed by atoms with Crippen LogP contribution in [0.2, 0.25) is 5.02 Å². The quantitative estimate of drug-likeness (QED) is 0.245. The maximum atomic E-state index is 14.4. The molecule has 0 saturated carbocycles. The van der Waals surface area contributed by atoms with Crippen LogP contribution in [0.4, 0.5) is 15.8 Å². The number of nitrogens with one attached hydrogen (secondary N) is 1. The van der Waals surface area contributed by atoms with Gasteiger partial charge in [-0.2, -0.15) is 0 Å². The molecule has 1 aromatic heterocycles. The molecule has 0 atom stereocenters. The van der Waals surface area contributed by atoms with Crippen molar-refractivity contribution in [1.82, 2.24) is 4.57 Å². The van der Waals surface area contributed by atoms with E-state index in [4.69, 9.17) is 23.8 Å². The average Bonchev–Trinajstić information content (AvgIpc) is 3.03. The van der Waals surface area contributed by atoms with Gasteiger partial charge in [0.1, 0.15) is 5.82 Å². The molecule has 162 valence electrons. The van der Waals surface area contributed by atoms with E-state index >= 15 is 0 Å². The van der Waals surface area contributed by atoms with Crippen molar-refractivity contribution in [3.05, 3.63) is 88.2 Å². The van der Waals surface area contributed by atoms with Gasteiger partial charge < -0.3 is 15.0 Å². The Morgan fingerprint density at radius 3 is 2.47 bits per heavy atom. The number of thiocarbonyl (C=S) groups is 1. The summed E-state index contributed by atoms with van der Waals surface area (Å²) in [5.74, 6) is -0.596. The van der Waals surface area contributed by atoms with E-state index in [1.807, 2.05) is 56.3 Å². The van der Waals surface area contributed by atoms with Gasteiger partial charge in [-0.05, 0) is 55.4 Å². The van der Waals surface area contributed by atoms with E-state index in [9.17, 15) is 9.50 Å². The maximum Gasteiger partial charge on any atom is 0.221 e. The summed E-state index contributed by atoms with van der Waals surface area (Å²) in [5, 5.41) is 23.5. The van der Waals surface area contributed by atoms with Gasteiger partial charge in [0.15, 0.2) is 5.69 Å². The van der Waals surface area contributed by atoms with Gasteiger partial charge in [0.2, 0.25) is 11.0 Å². The van der Waals surface area contributed by atoms with Gasteiger partial charge in [0.25, 0.3) is 0 Å². The number of rotatable bonds is 4. The number of hydrogen-bond donors (Lipinski definition) is 2. The first-order chi connectivity index (χ1) is 15.4. The van der Waals surface area contributed by atoms with Crippen LogP contribution >= 0.6 is 23.8 Å². The first-order valence-corrected chi connectivity index (χ1v) is 10.7. The summed E-state index contributed by atoms with van der Waals surface area (Å²) in [6.45, 7) is 3.99. The van der Waals surface area contributed by atoms with Gasteiger partial charge in [0.05, 0.1) is 12.1 Å². The highest BCUT2D eigenvalue weighted by Gasteiger charge is 2.19. The number of aromatic hydroxyl groups is 1. The molecule has 0 radical (unpaired) electrons. The Morgan fingerprint density at radius 1 is 1.06 bits per heavy atom. The SMILES string of the molecule is Cc1cccc(C)c1NC(=S)N=Nc1c(O)n(Cc2c(F)cccc2Cl)c2ccccc12. The van der Waals surface area contributed by atoms with Crippen LogP contribution in [0.1, 0.15) is 16.7 Å². The summed E-state index contributed by atoms with van der Waals surface area (Å²) in [6, 6.07) is 17.7. The van der Waals surface area contributed by atoms with E-state index in [2.05, 4.69) is 15.5 Å². The molecule has 0 aliphatic heterocycles. The Kier molecular flexibility index (Phi) is 6.21. The molecule has 4 rings (SSSR count). The van der Waals surface area contributed by atoms with E-state index in [1.54, 1.807) is 16.7 Å². The van der Waals surface area contributed by atoms with Crippen molar-refractivity contribution in [2.24, 2.45) is 10.2 Å². The Hall–Kier alpha value is -3.29. The second kappa shape index (κ2) is 9.06. The first kappa shape index (κ1) is 21.9. The molecule has 2 N–H and O–H groups in total. The molecule has 0 saturated heterocycles. The normalized spacial score (nSPS) is 11.4. The number of hydrogen-bond acceptors (Lipinski definition) is 3. The first-order valence-electron chi connectivity index (χ1n) is 9.89. The number of benzene rings is 3. The lowest BCUT2D eigenvalue weighted by Gasteiger charge is -2.10. The molecule has 0 amide bonds. The van der Waals surface area contributed by atoms with Crippen molar-refractivity contribution < 1.29 is 9.50 Å². The number of para-hydroxylation sites is 2. The standard InChI is InChI=1S/C24H20ClFN4OS/c1-14-7-5-8-15(2)21(14)27-24(32)29-28-22-16-9-3-4-12-20(16)30(23(22)31)13-17-18(25)10-6-11-19(17)26/h3-12,31H,13H2,1-2H3,(H,27,32). The Bertz CT molecular complexity index is 1330. The highest BCUT2D eigenvalue weighted by Crippen LogP contribution is 2.40. The van der Waals surface area contributed by atoms with Crippen LogP contribution < -0.4 is 5.32 Å². The molecular formula is C24H20ClFN4OS. The number of aryl methyl sites for hydroxylation is 2. The third-order valence-corrected chi connectivity index (χ3v) is 5.79. The molecule has 0 unspecified atom stereocenters. The van der Waals surface area contributed by atoms with Crippen molar-refractivity contribution in [1.29, 1.82) is 0 Å². The van der Waals surface area contributed by atoms with E-state index < -0.39 is 5.82 Å². The minimum Gasteiger partial charge on any atom is -0.493 e. The van der Waals surface area contributed by atoms with Crippen LogP contribution in [0.25, 0.3) is 10.9 Å². The number of fused-ring (bicyclic) bond motifs is 1. The number of halogens is 2. The minimum atomic E-state index is -0.447. The van der Waals surface area contributed by atoms with Crippen LogP contribution in [-0.2, 0) is 6.54 Å². The van der Waals surface area contributed by atoms with Gasteiger partial charge in [0, 0.05) is 21.7 Å². The molecular weight excluding hydrogens is 447 g/mol. The zero-order valence-electron chi connectivity index (χ0n) is 17.4. The number of azo groups is 1.